The molecule has 0 unspecified atom stereocenters. The highest BCUT2D eigenvalue weighted by molar-refractivity contribution is 6.53. The zero-order valence-corrected chi connectivity index (χ0v) is 20.4. The molecule has 0 atom stereocenters. The number of amides is 3. The third-order valence-corrected chi connectivity index (χ3v) is 5.73. The summed E-state index contributed by atoms with van der Waals surface area (Å²) in [4.78, 5) is 52.2. The highest BCUT2D eigenvalue weighted by Gasteiger charge is 2.40. The Balaban J connectivity index is 1.56. The summed E-state index contributed by atoms with van der Waals surface area (Å²) in [5.74, 6) is -2.83. The fraction of sp³-hybridized carbons (Fsp3) is 0.111. The second-order valence-corrected chi connectivity index (χ2v) is 8.34. The number of benzene rings is 3. The van der Waals surface area contributed by atoms with Crippen LogP contribution in [0.2, 0.25) is 0 Å². The SMILES string of the molecule is CCCOC(=O)c1ccccc1N1C(=O)C(Cl)=C(Nc2cccc(C(=O)Nc3ccccc3O)c2)C1=O. The second kappa shape index (κ2) is 11.0. The van der Waals surface area contributed by atoms with E-state index in [1.54, 1.807) is 48.5 Å². The molecule has 0 aliphatic carbocycles. The first-order chi connectivity index (χ1) is 17.8. The second-order valence-electron chi connectivity index (χ2n) is 7.96. The standard InChI is InChI=1S/C27H22ClN3O6/c1-2-14-37-27(36)18-10-3-5-12-20(18)31-25(34)22(28)23(26(31)35)29-17-9-7-8-16(15-17)24(33)30-19-11-4-6-13-21(19)32/h3-13,15,29,32H,2,14H2,1H3,(H,30,33). The summed E-state index contributed by atoms with van der Waals surface area (Å²) >= 11 is 6.24. The zero-order valence-electron chi connectivity index (χ0n) is 19.7. The minimum Gasteiger partial charge on any atom is -0.506 e. The first-order valence-corrected chi connectivity index (χ1v) is 11.7. The van der Waals surface area contributed by atoms with Gasteiger partial charge in [-0.2, -0.15) is 0 Å². The predicted molar refractivity (Wildman–Crippen MR) is 139 cm³/mol. The summed E-state index contributed by atoms with van der Waals surface area (Å²) in [5.41, 5.74) is 0.663. The van der Waals surface area contributed by atoms with Gasteiger partial charge in [0.2, 0.25) is 0 Å². The first kappa shape index (κ1) is 25.5. The number of anilines is 3. The average Bonchev–Trinajstić information content (AvgIpc) is 3.11. The molecule has 3 amide bonds. The smallest absolute Gasteiger partial charge is 0.340 e. The lowest BCUT2D eigenvalue weighted by Gasteiger charge is -2.18. The van der Waals surface area contributed by atoms with E-state index in [1.807, 2.05) is 6.92 Å². The molecule has 0 fully saturated rings. The van der Waals surface area contributed by atoms with Crippen molar-refractivity contribution in [3.8, 4) is 5.75 Å². The maximum absolute atomic E-state index is 13.3. The number of rotatable bonds is 8. The molecule has 0 aromatic heterocycles. The molecular formula is C27H22ClN3O6. The van der Waals surface area contributed by atoms with Gasteiger partial charge in [-0.1, -0.05) is 48.9 Å². The van der Waals surface area contributed by atoms with E-state index in [1.165, 1.54) is 24.3 Å². The fourth-order valence-corrected chi connectivity index (χ4v) is 3.81. The minimum absolute atomic E-state index is 0.0457. The summed E-state index contributed by atoms with van der Waals surface area (Å²) in [6.07, 6.45) is 0.612. The normalized spacial score (nSPS) is 13.1. The Morgan fingerprint density at radius 1 is 0.973 bits per heavy atom. The number of carbonyl (C=O) groups is 4. The van der Waals surface area contributed by atoms with Crippen molar-refractivity contribution in [2.75, 3.05) is 22.1 Å². The molecule has 3 aromatic rings. The third kappa shape index (κ3) is 5.31. The van der Waals surface area contributed by atoms with Crippen LogP contribution in [0.25, 0.3) is 0 Å². The third-order valence-electron chi connectivity index (χ3n) is 5.38. The van der Waals surface area contributed by atoms with Crippen LogP contribution >= 0.6 is 11.6 Å². The van der Waals surface area contributed by atoms with E-state index < -0.39 is 23.7 Å². The fourth-order valence-electron chi connectivity index (χ4n) is 3.60. The number of ether oxygens (including phenoxy) is 1. The quantitative estimate of drug-likeness (QED) is 0.225. The van der Waals surface area contributed by atoms with Gasteiger partial charge in [0.15, 0.2) is 0 Å². The Bertz CT molecular complexity index is 1430. The van der Waals surface area contributed by atoms with Gasteiger partial charge in [-0.05, 0) is 48.9 Å². The molecule has 0 saturated carbocycles. The number of hydrogen-bond donors (Lipinski definition) is 3. The zero-order chi connectivity index (χ0) is 26.5. The van der Waals surface area contributed by atoms with E-state index in [4.69, 9.17) is 16.3 Å². The average molecular weight is 520 g/mol. The van der Waals surface area contributed by atoms with Gasteiger partial charge < -0.3 is 20.5 Å². The van der Waals surface area contributed by atoms with Crippen molar-refractivity contribution in [3.63, 3.8) is 0 Å². The Labute approximate surface area is 217 Å². The lowest BCUT2D eigenvalue weighted by molar-refractivity contribution is -0.120. The molecule has 10 heteroatoms. The van der Waals surface area contributed by atoms with Gasteiger partial charge in [0.1, 0.15) is 16.5 Å². The molecule has 37 heavy (non-hydrogen) atoms. The van der Waals surface area contributed by atoms with Crippen molar-refractivity contribution < 1.29 is 29.0 Å². The van der Waals surface area contributed by atoms with Crippen LogP contribution in [-0.2, 0) is 14.3 Å². The minimum atomic E-state index is -0.807. The van der Waals surface area contributed by atoms with E-state index in [-0.39, 0.29) is 45.6 Å². The highest BCUT2D eigenvalue weighted by atomic mass is 35.5. The largest absolute Gasteiger partial charge is 0.506 e. The van der Waals surface area contributed by atoms with Crippen molar-refractivity contribution in [1.82, 2.24) is 0 Å². The van der Waals surface area contributed by atoms with Crippen molar-refractivity contribution in [2.24, 2.45) is 0 Å². The number of aromatic hydroxyl groups is 1. The van der Waals surface area contributed by atoms with Crippen LogP contribution in [0.5, 0.6) is 5.75 Å². The van der Waals surface area contributed by atoms with E-state index >= 15 is 0 Å². The van der Waals surface area contributed by atoms with Gasteiger partial charge in [-0.3, -0.25) is 14.4 Å². The molecule has 0 radical (unpaired) electrons. The molecule has 9 nitrogen and oxygen atoms in total. The number of imide groups is 1. The van der Waals surface area contributed by atoms with Gasteiger partial charge in [0.05, 0.1) is 23.5 Å². The Morgan fingerprint density at radius 3 is 2.46 bits per heavy atom. The predicted octanol–water partition coefficient (Wildman–Crippen LogP) is 4.65. The molecule has 1 heterocycles. The van der Waals surface area contributed by atoms with Crippen LogP contribution in [0.1, 0.15) is 34.1 Å². The Morgan fingerprint density at radius 2 is 1.70 bits per heavy atom. The van der Waals surface area contributed by atoms with E-state index in [9.17, 15) is 24.3 Å². The van der Waals surface area contributed by atoms with E-state index in [0.29, 0.717) is 12.1 Å². The summed E-state index contributed by atoms with van der Waals surface area (Å²) in [6, 6.07) is 18.5. The molecule has 1 aliphatic rings. The van der Waals surface area contributed by atoms with Crippen molar-refractivity contribution >= 4 is 52.4 Å². The number of phenolic OH excluding ortho intramolecular Hbond substituents is 1. The summed E-state index contributed by atoms with van der Waals surface area (Å²) in [7, 11) is 0. The summed E-state index contributed by atoms with van der Waals surface area (Å²) in [6.45, 7) is 2.03. The molecule has 0 saturated heterocycles. The molecular weight excluding hydrogens is 498 g/mol. The van der Waals surface area contributed by atoms with E-state index in [2.05, 4.69) is 10.6 Å². The lowest BCUT2D eigenvalue weighted by Crippen LogP contribution is -2.33. The summed E-state index contributed by atoms with van der Waals surface area (Å²) < 4.78 is 5.18. The van der Waals surface area contributed by atoms with Gasteiger partial charge in [0, 0.05) is 11.3 Å². The van der Waals surface area contributed by atoms with Gasteiger partial charge in [0.25, 0.3) is 17.7 Å². The van der Waals surface area contributed by atoms with Crippen LogP contribution in [0.4, 0.5) is 17.1 Å². The highest BCUT2D eigenvalue weighted by Crippen LogP contribution is 2.32. The maximum Gasteiger partial charge on any atom is 0.340 e. The molecule has 4 rings (SSSR count). The topological polar surface area (TPSA) is 125 Å². The molecule has 1 aliphatic heterocycles. The molecule has 0 bridgehead atoms. The Hall–Kier alpha value is -4.63. The number of hydrogen-bond acceptors (Lipinski definition) is 7. The van der Waals surface area contributed by atoms with Crippen molar-refractivity contribution in [3.05, 3.63) is 94.7 Å². The monoisotopic (exact) mass is 519 g/mol. The molecule has 0 spiro atoms. The number of para-hydroxylation sites is 3. The lowest BCUT2D eigenvalue weighted by atomic mass is 10.1. The van der Waals surface area contributed by atoms with Crippen molar-refractivity contribution in [2.45, 2.75) is 13.3 Å². The van der Waals surface area contributed by atoms with Crippen LogP contribution in [-0.4, -0.2) is 35.4 Å². The van der Waals surface area contributed by atoms with Gasteiger partial charge >= 0.3 is 5.97 Å². The van der Waals surface area contributed by atoms with Crippen LogP contribution in [0, 0.1) is 0 Å². The van der Waals surface area contributed by atoms with Crippen LogP contribution < -0.4 is 15.5 Å². The number of halogens is 1. The van der Waals surface area contributed by atoms with Crippen LogP contribution in [0.15, 0.2) is 83.5 Å². The number of esters is 1. The maximum atomic E-state index is 13.3. The molecule has 188 valence electrons. The number of carbonyl (C=O) groups excluding carboxylic acids is 4. The number of nitrogens with one attached hydrogen (secondary N) is 2. The van der Waals surface area contributed by atoms with Gasteiger partial charge in [-0.25, -0.2) is 9.69 Å². The molecule has 3 N–H and O–H groups in total. The van der Waals surface area contributed by atoms with Gasteiger partial charge in [-0.15, -0.1) is 0 Å². The van der Waals surface area contributed by atoms with E-state index in [0.717, 1.165) is 4.90 Å². The number of phenols is 1. The number of nitrogens with zero attached hydrogens (tertiary/aromatic N) is 1. The Kier molecular flexibility index (Phi) is 7.55. The summed E-state index contributed by atoms with van der Waals surface area (Å²) in [5, 5.41) is 14.9. The molecule has 3 aromatic carbocycles. The van der Waals surface area contributed by atoms with Crippen LogP contribution in [0.3, 0.4) is 0 Å². The van der Waals surface area contributed by atoms with Crippen molar-refractivity contribution in [1.29, 1.82) is 0 Å². The first-order valence-electron chi connectivity index (χ1n) is 11.3.